The van der Waals surface area contributed by atoms with Gasteiger partial charge in [-0.25, -0.2) is 9.18 Å². The predicted octanol–water partition coefficient (Wildman–Crippen LogP) is 1.78. The van der Waals surface area contributed by atoms with Crippen molar-refractivity contribution in [3.8, 4) is 17.1 Å². The van der Waals surface area contributed by atoms with E-state index in [1.165, 1.54) is 19.2 Å². The van der Waals surface area contributed by atoms with E-state index in [2.05, 4.69) is 9.84 Å². The first-order valence-electron chi connectivity index (χ1n) is 5.59. The van der Waals surface area contributed by atoms with Gasteiger partial charge in [0.1, 0.15) is 5.82 Å². The van der Waals surface area contributed by atoms with E-state index in [-0.39, 0.29) is 18.3 Å². The second kappa shape index (κ2) is 5.51. The summed E-state index contributed by atoms with van der Waals surface area (Å²) in [6.45, 7) is -0.212. The molecule has 100 valence electrons. The van der Waals surface area contributed by atoms with Crippen molar-refractivity contribution in [2.45, 2.75) is 0 Å². The van der Waals surface area contributed by atoms with Crippen LogP contribution >= 0.6 is 0 Å². The van der Waals surface area contributed by atoms with Crippen LogP contribution in [-0.2, 0) is 16.6 Å². The predicted molar refractivity (Wildman–Crippen MR) is 66.1 cm³/mol. The maximum atomic E-state index is 13.2. The van der Waals surface area contributed by atoms with Crippen LogP contribution in [0, 0.1) is 5.82 Å². The Balaban J connectivity index is 2.19. The zero-order chi connectivity index (χ0) is 13.8. The fraction of sp³-hybridized carbons (Fsp3) is 0.231. The largest absolute Gasteiger partial charge is 0.466 e. The van der Waals surface area contributed by atoms with Gasteiger partial charge in [0.05, 0.1) is 12.8 Å². The lowest BCUT2D eigenvalue weighted by molar-refractivity contribution is -0.143. The lowest BCUT2D eigenvalue weighted by Crippen LogP contribution is -2.12. The minimum Gasteiger partial charge on any atom is -0.466 e. The van der Waals surface area contributed by atoms with E-state index in [0.29, 0.717) is 11.3 Å². The number of carbonyl (C=O) groups is 1. The maximum absolute atomic E-state index is 13.2. The topological polar surface area (TPSA) is 53.4 Å². The molecule has 0 aliphatic heterocycles. The van der Waals surface area contributed by atoms with Gasteiger partial charge in [-0.15, -0.1) is 5.10 Å². The Kier molecular flexibility index (Phi) is 3.79. The standard InChI is InChI=1S/C13H13FN2O3/c1-16-11(9-4-3-5-10(14)6-9)7-12(15-16)19-8-13(17)18-2/h3-7H,8H2,1-2H3. The molecule has 0 unspecified atom stereocenters. The first kappa shape index (κ1) is 13.1. The van der Waals surface area contributed by atoms with Gasteiger partial charge >= 0.3 is 5.97 Å². The number of nitrogens with zero attached hydrogens (tertiary/aromatic N) is 2. The first-order valence-corrected chi connectivity index (χ1v) is 5.59. The molecule has 19 heavy (non-hydrogen) atoms. The molecule has 5 nitrogen and oxygen atoms in total. The lowest BCUT2D eigenvalue weighted by atomic mass is 10.1. The number of halogens is 1. The summed E-state index contributed by atoms with van der Waals surface area (Å²) in [7, 11) is 2.99. The van der Waals surface area contributed by atoms with Gasteiger partial charge in [-0.05, 0) is 12.1 Å². The minimum absolute atomic E-state index is 0.212. The summed E-state index contributed by atoms with van der Waals surface area (Å²) in [5.41, 5.74) is 1.38. The third-order valence-corrected chi connectivity index (χ3v) is 2.54. The molecule has 0 aliphatic rings. The third-order valence-electron chi connectivity index (χ3n) is 2.54. The molecule has 0 saturated heterocycles. The third kappa shape index (κ3) is 3.09. The summed E-state index contributed by atoms with van der Waals surface area (Å²) >= 11 is 0. The van der Waals surface area contributed by atoms with Gasteiger partial charge in [-0.2, -0.15) is 0 Å². The molecule has 2 rings (SSSR count). The van der Waals surface area contributed by atoms with Crippen LogP contribution < -0.4 is 4.74 Å². The van der Waals surface area contributed by atoms with Gasteiger partial charge in [0, 0.05) is 18.7 Å². The molecule has 0 spiro atoms. The number of hydrogen-bond donors (Lipinski definition) is 0. The zero-order valence-electron chi connectivity index (χ0n) is 10.6. The smallest absolute Gasteiger partial charge is 0.343 e. The first-order chi connectivity index (χ1) is 9.10. The van der Waals surface area contributed by atoms with Crippen LogP contribution in [0.15, 0.2) is 30.3 Å². The van der Waals surface area contributed by atoms with Crippen molar-refractivity contribution < 1.29 is 18.7 Å². The van der Waals surface area contributed by atoms with Gasteiger partial charge in [0.15, 0.2) is 6.61 Å². The Hall–Kier alpha value is -2.37. The molecule has 0 saturated carbocycles. The van der Waals surface area contributed by atoms with E-state index in [1.807, 2.05) is 0 Å². The van der Waals surface area contributed by atoms with Crippen LogP contribution in [0.1, 0.15) is 0 Å². The van der Waals surface area contributed by atoms with E-state index in [1.54, 1.807) is 29.9 Å². The second-order valence-corrected chi connectivity index (χ2v) is 3.87. The van der Waals surface area contributed by atoms with Gasteiger partial charge in [-0.1, -0.05) is 12.1 Å². The van der Waals surface area contributed by atoms with Crippen molar-refractivity contribution >= 4 is 5.97 Å². The number of aromatic nitrogens is 2. The molecule has 0 aliphatic carbocycles. The lowest BCUT2D eigenvalue weighted by Gasteiger charge is -2.00. The summed E-state index contributed by atoms with van der Waals surface area (Å²) < 4.78 is 24.4. The summed E-state index contributed by atoms with van der Waals surface area (Å²) in [4.78, 5) is 11.0. The van der Waals surface area contributed by atoms with Gasteiger partial charge in [0.25, 0.3) is 0 Å². The van der Waals surface area contributed by atoms with Crippen molar-refractivity contribution in [2.24, 2.45) is 7.05 Å². The Morgan fingerprint density at radius 3 is 2.89 bits per heavy atom. The van der Waals surface area contributed by atoms with Crippen molar-refractivity contribution in [2.75, 3.05) is 13.7 Å². The number of benzene rings is 1. The van der Waals surface area contributed by atoms with Crippen LogP contribution in [-0.4, -0.2) is 29.5 Å². The van der Waals surface area contributed by atoms with E-state index in [4.69, 9.17) is 4.74 Å². The van der Waals surface area contributed by atoms with Crippen LogP contribution in [0.2, 0.25) is 0 Å². The van der Waals surface area contributed by atoms with Crippen molar-refractivity contribution in [3.63, 3.8) is 0 Å². The van der Waals surface area contributed by atoms with Crippen LogP contribution in [0.25, 0.3) is 11.3 Å². The van der Waals surface area contributed by atoms with Gasteiger partial charge < -0.3 is 9.47 Å². The highest BCUT2D eigenvalue weighted by Gasteiger charge is 2.10. The highest BCUT2D eigenvalue weighted by Crippen LogP contribution is 2.23. The summed E-state index contributed by atoms with van der Waals surface area (Å²) in [5, 5.41) is 4.09. The van der Waals surface area contributed by atoms with Crippen molar-refractivity contribution in [1.82, 2.24) is 9.78 Å². The highest BCUT2D eigenvalue weighted by atomic mass is 19.1. The van der Waals surface area contributed by atoms with E-state index < -0.39 is 5.97 Å². The fourth-order valence-electron chi connectivity index (χ4n) is 1.62. The molecule has 0 N–H and O–H groups in total. The molecule has 0 radical (unpaired) electrons. The van der Waals surface area contributed by atoms with E-state index in [0.717, 1.165) is 0 Å². The highest BCUT2D eigenvalue weighted by molar-refractivity contribution is 5.71. The second-order valence-electron chi connectivity index (χ2n) is 3.87. The van der Waals surface area contributed by atoms with Crippen LogP contribution in [0.3, 0.4) is 0 Å². The molecule has 6 heteroatoms. The average molecular weight is 264 g/mol. The number of methoxy groups -OCH3 is 1. The van der Waals surface area contributed by atoms with E-state index >= 15 is 0 Å². The molecule has 2 aromatic rings. The monoisotopic (exact) mass is 264 g/mol. The Morgan fingerprint density at radius 1 is 1.42 bits per heavy atom. The quantitative estimate of drug-likeness (QED) is 0.790. The Morgan fingerprint density at radius 2 is 2.21 bits per heavy atom. The molecule has 0 fully saturated rings. The number of rotatable bonds is 4. The van der Waals surface area contributed by atoms with Crippen LogP contribution in [0.4, 0.5) is 4.39 Å². The zero-order valence-corrected chi connectivity index (χ0v) is 10.6. The molecular weight excluding hydrogens is 251 g/mol. The van der Waals surface area contributed by atoms with Crippen molar-refractivity contribution in [1.29, 1.82) is 0 Å². The van der Waals surface area contributed by atoms with Gasteiger partial charge in [0.2, 0.25) is 5.88 Å². The Bertz CT molecular complexity index is 595. The molecular formula is C13H13FN2O3. The van der Waals surface area contributed by atoms with Crippen molar-refractivity contribution in [3.05, 3.63) is 36.1 Å². The molecule has 1 heterocycles. The fourth-order valence-corrected chi connectivity index (χ4v) is 1.62. The number of ether oxygens (including phenoxy) is 2. The molecule has 0 bridgehead atoms. The molecule has 0 amide bonds. The van der Waals surface area contributed by atoms with E-state index in [9.17, 15) is 9.18 Å². The number of aryl methyl sites for hydroxylation is 1. The Labute approximate surface area is 109 Å². The van der Waals surface area contributed by atoms with Gasteiger partial charge in [-0.3, -0.25) is 4.68 Å². The molecule has 1 aromatic carbocycles. The molecule has 0 atom stereocenters. The number of hydrogen-bond acceptors (Lipinski definition) is 4. The average Bonchev–Trinajstić information content (AvgIpc) is 2.77. The number of esters is 1. The normalized spacial score (nSPS) is 10.3. The minimum atomic E-state index is -0.488. The summed E-state index contributed by atoms with van der Waals surface area (Å²) in [6.07, 6.45) is 0. The SMILES string of the molecule is COC(=O)COc1cc(-c2cccc(F)c2)n(C)n1. The maximum Gasteiger partial charge on any atom is 0.343 e. The number of carbonyl (C=O) groups excluding carboxylic acids is 1. The summed E-state index contributed by atoms with van der Waals surface area (Å²) in [5.74, 6) is -0.527. The summed E-state index contributed by atoms with van der Waals surface area (Å²) in [6, 6.07) is 7.80. The van der Waals surface area contributed by atoms with Crippen LogP contribution in [0.5, 0.6) is 5.88 Å². The molecule has 1 aromatic heterocycles.